The van der Waals surface area contributed by atoms with E-state index in [0.717, 1.165) is 5.56 Å². The summed E-state index contributed by atoms with van der Waals surface area (Å²) in [6.45, 7) is 2.17. The zero-order valence-electron chi connectivity index (χ0n) is 10.2. The smallest absolute Gasteiger partial charge is 0.141 e. The van der Waals surface area contributed by atoms with Gasteiger partial charge in [-0.2, -0.15) is 0 Å². The third kappa shape index (κ3) is 2.69. The largest absolute Gasteiger partial charge is 0.506 e. The van der Waals surface area contributed by atoms with Crippen molar-refractivity contribution in [3.05, 3.63) is 23.0 Å². The minimum absolute atomic E-state index is 0.114. The Labute approximate surface area is 95.9 Å². The summed E-state index contributed by atoms with van der Waals surface area (Å²) in [6, 6.07) is 0. The van der Waals surface area contributed by atoms with Crippen molar-refractivity contribution in [2.75, 3.05) is 21.1 Å². The highest BCUT2D eigenvalue weighted by Gasteiger charge is 2.13. The number of hydrogen-bond acceptors (Lipinski definition) is 5. The molecule has 0 saturated heterocycles. The highest BCUT2D eigenvalue weighted by Crippen LogP contribution is 2.25. The van der Waals surface area contributed by atoms with E-state index in [1.807, 2.05) is 31.2 Å². The average molecular weight is 225 g/mol. The summed E-state index contributed by atoms with van der Waals surface area (Å²) in [5.74, 6) is 0.167. The van der Waals surface area contributed by atoms with Crippen molar-refractivity contribution in [1.82, 2.24) is 15.0 Å². The Balaban J connectivity index is 3.05. The number of aliphatic hydroxyl groups excluding tert-OH is 1. The number of hydrazine groups is 1. The molecule has 0 amide bonds. The molecular formula is C11H19N3O2. The van der Waals surface area contributed by atoms with E-state index in [9.17, 15) is 10.2 Å². The van der Waals surface area contributed by atoms with E-state index in [4.69, 9.17) is 0 Å². The van der Waals surface area contributed by atoms with Gasteiger partial charge in [0.25, 0.3) is 0 Å². The normalized spacial score (nSPS) is 11.4. The number of rotatable bonds is 4. The first-order valence-electron chi connectivity index (χ1n) is 5.13. The Bertz CT molecular complexity index is 366. The molecule has 0 saturated carbocycles. The molecule has 0 aliphatic carbocycles. The molecule has 0 aromatic carbocycles. The molecule has 0 aliphatic rings. The third-order valence-corrected chi connectivity index (χ3v) is 2.67. The van der Waals surface area contributed by atoms with Gasteiger partial charge in [0.2, 0.25) is 0 Å². The molecule has 0 bridgehead atoms. The van der Waals surface area contributed by atoms with E-state index in [1.165, 1.54) is 0 Å². The summed E-state index contributed by atoms with van der Waals surface area (Å²) in [7, 11) is 5.75. The standard InChI is InChI=1S/C11H19N3O2/c1-8-11(16)10(6-14(4)13(2)3)9(7-15)5-12-8/h5,15-16H,6-7H2,1-4H3. The van der Waals surface area contributed by atoms with Crippen LogP contribution in [0.4, 0.5) is 0 Å². The Morgan fingerprint density at radius 1 is 1.31 bits per heavy atom. The predicted octanol–water partition coefficient (Wildman–Crippen LogP) is 0.496. The van der Waals surface area contributed by atoms with E-state index < -0.39 is 0 Å². The lowest BCUT2D eigenvalue weighted by Gasteiger charge is -2.25. The van der Waals surface area contributed by atoms with Crippen LogP contribution < -0.4 is 0 Å². The van der Waals surface area contributed by atoms with Crippen LogP contribution in [0.25, 0.3) is 0 Å². The topological polar surface area (TPSA) is 59.8 Å². The quantitative estimate of drug-likeness (QED) is 0.731. The molecule has 1 aromatic rings. The lowest BCUT2D eigenvalue weighted by atomic mass is 10.1. The van der Waals surface area contributed by atoms with Crippen molar-refractivity contribution in [2.45, 2.75) is 20.1 Å². The fourth-order valence-corrected chi connectivity index (χ4v) is 1.37. The van der Waals surface area contributed by atoms with Crippen LogP contribution in [0.1, 0.15) is 16.8 Å². The van der Waals surface area contributed by atoms with Crippen LogP contribution in [0.5, 0.6) is 5.75 Å². The SMILES string of the molecule is Cc1ncc(CO)c(CN(C)N(C)C)c1O. The van der Waals surface area contributed by atoms with Gasteiger partial charge < -0.3 is 10.2 Å². The summed E-state index contributed by atoms with van der Waals surface area (Å²) >= 11 is 0. The van der Waals surface area contributed by atoms with Crippen molar-refractivity contribution in [2.24, 2.45) is 0 Å². The predicted molar refractivity (Wildman–Crippen MR) is 61.7 cm³/mol. The van der Waals surface area contributed by atoms with Gasteiger partial charge in [-0.15, -0.1) is 0 Å². The Hall–Kier alpha value is -1.17. The number of pyridine rings is 1. The van der Waals surface area contributed by atoms with Crippen LogP contribution in [0, 0.1) is 6.92 Å². The Morgan fingerprint density at radius 2 is 1.94 bits per heavy atom. The summed E-state index contributed by atoms with van der Waals surface area (Å²) < 4.78 is 0. The molecule has 0 aliphatic heterocycles. The first-order valence-corrected chi connectivity index (χ1v) is 5.13. The highest BCUT2D eigenvalue weighted by atomic mass is 16.3. The fraction of sp³-hybridized carbons (Fsp3) is 0.545. The summed E-state index contributed by atoms with van der Waals surface area (Å²) in [5.41, 5.74) is 1.97. The van der Waals surface area contributed by atoms with Gasteiger partial charge in [0.1, 0.15) is 5.75 Å². The van der Waals surface area contributed by atoms with Gasteiger partial charge in [-0.25, -0.2) is 10.0 Å². The number of aliphatic hydroxyl groups is 1. The van der Waals surface area contributed by atoms with Crippen LogP contribution in [-0.2, 0) is 13.2 Å². The van der Waals surface area contributed by atoms with Gasteiger partial charge in [-0.1, -0.05) is 0 Å². The second-order valence-corrected chi connectivity index (χ2v) is 4.02. The molecule has 0 radical (unpaired) electrons. The minimum Gasteiger partial charge on any atom is -0.506 e. The third-order valence-electron chi connectivity index (χ3n) is 2.67. The van der Waals surface area contributed by atoms with Crippen molar-refractivity contribution in [3.63, 3.8) is 0 Å². The van der Waals surface area contributed by atoms with Crippen molar-refractivity contribution >= 4 is 0 Å². The molecule has 2 N–H and O–H groups in total. The number of hydrogen-bond donors (Lipinski definition) is 2. The molecule has 0 spiro atoms. The molecule has 90 valence electrons. The number of aromatic hydroxyl groups is 1. The minimum atomic E-state index is -0.114. The average Bonchev–Trinajstić information content (AvgIpc) is 2.25. The number of aromatic nitrogens is 1. The summed E-state index contributed by atoms with van der Waals surface area (Å²) in [5, 5.41) is 23.0. The molecular weight excluding hydrogens is 206 g/mol. The molecule has 0 fully saturated rings. The molecule has 1 heterocycles. The molecule has 5 heteroatoms. The van der Waals surface area contributed by atoms with Crippen LogP contribution >= 0.6 is 0 Å². The Kier molecular flexibility index (Phi) is 4.23. The van der Waals surface area contributed by atoms with Crippen molar-refractivity contribution < 1.29 is 10.2 Å². The highest BCUT2D eigenvalue weighted by molar-refractivity contribution is 5.40. The van der Waals surface area contributed by atoms with E-state index in [0.29, 0.717) is 17.8 Å². The zero-order chi connectivity index (χ0) is 12.3. The number of aryl methyl sites for hydroxylation is 1. The van der Waals surface area contributed by atoms with Gasteiger partial charge in [-0.3, -0.25) is 4.98 Å². The van der Waals surface area contributed by atoms with E-state index in [1.54, 1.807) is 13.1 Å². The van der Waals surface area contributed by atoms with Crippen molar-refractivity contribution in [1.29, 1.82) is 0 Å². The number of nitrogens with zero attached hydrogens (tertiary/aromatic N) is 3. The lowest BCUT2D eigenvalue weighted by molar-refractivity contribution is 0.0461. The molecule has 5 nitrogen and oxygen atoms in total. The van der Waals surface area contributed by atoms with Crippen LogP contribution in [0.15, 0.2) is 6.20 Å². The van der Waals surface area contributed by atoms with E-state index in [-0.39, 0.29) is 12.4 Å². The van der Waals surface area contributed by atoms with Crippen LogP contribution in [-0.4, -0.2) is 46.4 Å². The van der Waals surface area contributed by atoms with Gasteiger partial charge in [-0.05, 0) is 6.92 Å². The molecule has 16 heavy (non-hydrogen) atoms. The van der Waals surface area contributed by atoms with Crippen LogP contribution in [0.2, 0.25) is 0 Å². The maximum Gasteiger partial charge on any atom is 0.141 e. The first kappa shape index (κ1) is 12.9. The first-order chi connectivity index (χ1) is 7.47. The van der Waals surface area contributed by atoms with Gasteiger partial charge in [0.15, 0.2) is 0 Å². The maximum absolute atomic E-state index is 9.92. The summed E-state index contributed by atoms with van der Waals surface area (Å²) in [6.07, 6.45) is 1.61. The van der Waals surface area contributed by atoms with Crippen LogP contribution in [0.3, 0.4) is 0 Å². The van der Waals surface area contributed by atoms with Gasteiger partial charge in [0.05, 0.1) is 12.3 Å². The summed E-state index contributed by atoms with van der Waals surface area (Å²) in [4.78, 5) is 4.02. The van der Waals surface area contributed by atoms with Gasteiger partial charge in [0, 0.05) is 45.0 Å². The molecule has 0 atom stereocenters. The Morgan fingerprint density at radius 3 is 2.44 bits per heavy atom. The van der Waals surface area contributed by atoms with Gasteiger partial charge >= 0.3 is 0 Å². The second-order valence-electron chi connectivity index (χ2n) is 4.02. The van der Waals surface area contributed by atoms with E-state index >= 15 is 0 Å². The second kappa shape index (κ2) is 5.25. The monoisotopic (exact) mass is 225 g/mol. The zero-order valence-corrected chi connectivity index (χ0v) is 10.2. The fourth-order valence-electron chi connectivity index (χ4n) is 1.37. The molecule has 1 aromatic heterocycles. The maximum atomic E-state index is 9.92. The lowest BCUT2D eigenvalue weighted by Crippen LogP contribution is -2.32. The van der Waals surface area contributed by atoms with E-state index in [2.05, 4.69) is 4.98 Å². The van der Waals surface area contributed by atoms with Crippen molar-refractivity contribution in [3.8, 4) is 5.75 Å². The molecule has 1 rings (SSSR count). The molecule has 0 unspecified atom stereocenters.